The third-order valence-electron chi connectivity index (χ3n) is 4.78. The maximum Gasteiger partial charge on any atom is 0.222 e. The van der Waals surface area contributed by atoms with Gasteiger partial charge in [0.15, 0.2) is 0 Å². The molecule has 2 fully saturated rings. The van der Waals surface area contributed by atoms with Gasteiger partial charge < -0.3 is 14.5 Å². The van der Waals surface area contributed by atoms with E-state index in [0.717, 1.165) is 97.2 Å². The summed E-state index contributed by atoms with van der Waals surface area (Å²) in [5.41, 5.74) is 0. The molecule has 5 nitrogen and oxygen atoms in total. The Morgan fingerprint density at radius 1 is 0.696 bits per heavy atom. The quantitative estimate of drug-likeness (QED) is 0.580. The van der Waals surface area contributed by atoms with Gasteiger partial charge in [0.1, 0.15) is 0 Å². The van der Waals surface area contributed by atoms with E-state index >= 15 is 0 Å². The number of ether oxygens (including phenoxy) is 1. The van der Waals surface area contributed by atoms with Crippen LogP contribution in [0.3, 0.4) is 0 Å². The number of rotatable bonds is 10. The Balaban J connectivity index is 1.39. The lowest BCUT2D eigenvalue weighted by atomic mass is 10.2. The van der Waals surface area contributed by atoms with Crippen molar-refractivity contribution in [1.82, 2.24) is 9.80 Å². The van der Waals surface area contributed by atoms with Crippen LogP contribution in [-0.4, -0.2) is 61.0 Å². The zero-order valence-electron chi connectivity index (χ0n) is 14.4. The average molecular weight is 324 g/mol. The second kappa shape index (κ2) is 10.6. The molecule has 0 unspecified atom stereocenters. The second-order valence-electron chi connectivity index (χ2n) is 6.70. The molecule has 0 N–H and O–H groups in total. The summed E-state index contributed by atoms with van der Waals surface area (Å²) in [6.45, 7) is 5.22. The number of unbranched alkanes of at least 4 members (excludes halogenated alkanes) is 2. The lowest BCUT2D eigenvalue weighted by Crippen LogP contribution is -2.31. The van der Waals surface area contributed by atoms with Crippen LogP contribution in [-0.2, 0) is 14.3 Å². The fourth-order valence-corrected chi connectivity index (χ4v) is 3.33. The molecule has 0 saturated carbocycles. The highest BCUT2D eigenvalue weighted by molar-refractivity contribution is 5.78. The van der Waals surface area contributed by atoms with Crippen LogP contribution in [0.2, 0.25) is 0 Å². The molecular formula is C18H32N2O3. The first-order valence-corrected chi connectivity index (χ1v) is 9.40. The Bertz CT molecular complexity index is 373. The molecule has 0 atom stereocenters. The molecule has 2 saturated heterocycles. The molecule has 0 spiro atoms. The molecule has 2 rings (SSSR count). The Hall–Kier alpha value is -1.10. The van der Waals surface area contributed by atoms with Gasteiger partial charge in [0.2, 0.25) is 11.8 Å². The molecule has 2 amide bonds. The Morgan fingerprint density at radius 2 is 1.26 bits per heavy atom. The van der Waals surface area contributed by atoms with Gasteiger partial charge in [-0.25, -0.2) is 0 Å². The van der Waals surface area contributed by atoms with Crippen molar-refractivity contribution in [2.24, 2.45) is 0 Å². The monoisotopic (exact) mass is 324 g/mol. The molecule has 2 aliphatic heterocycles. The molecule has 0 aromatic carbocycles. The van der Waals surface area contributed by atoms with Gasteiger partial charge >= 0.3 is 0 Å². The fourth-order valence-electron chi connectivity index (χ4n) is 3.33. The summed E-state index contributed by atoms with van der Waals surface area (Å²) in [5.74, 6) is 0.647. The minimum Gasteiger partial charge on any atom is -0.381 e. The van der Waals surface area contributed by atoms with Crippen LogP contribution in [0.1, 0.15) is 64.2 Å². The maximum atomic E-state index is 11.9. The molecule has 2 aliphatic rings. The summed E-state index contributed by atoms with van der Waals surface area (Å²) in [4.78, 5) is 27.3. The van der Waals surface area contributed by atoms with E-state index < -0.39 is 0 Å². The first-order chi connectivity index (χ1) is 11.3. The number of hydrogen-bond donors (Lipinski definition) is 0. The number of nitrogens with zero attached hydrogens (tertiary/aromatic N) is 2. The Labute approximate surface area is 140 Å². The van der Waals surface area contributed by atoms with Crippen molar-refractivity contribution in [2.45, 2.75) is 64.2 Å². The maximum absolute atomic E-state index is 11.9. The smallest absolute Gasteiger partial charge is 0.222 e. The highest BCUT2D eigenvalue weighted by Crippen LogP contribution is 2.12. The van der Waals surface area contributed by atoms with Crippen LogP contribution in [0, 0.1) is 0 Å². The second-order valence-corrected chi connectivity index (χ2v) is 6.70. The molecule has 5 heteroatoms. The normalized spacial score (nSPS) is 19.5. The molecule has 0 aromatic heterocycles. The molecular weight excluding hydrogens is 292 g/mol. The van der Waals surface area contributed by atoms with Gasteiger partial charge in [-0.05, 0) is 44.9 Å². The lowest BCUT2D eigenvalue weighted by molar-refractivity contribution is -0.131. The Morgan fingerprint density at radius 3 is 1.83 bits per heavy atom. The van der Waals surface area contributed by atoms with Crippen LogP contribution in [0.4, 0.5) is 0 Å². The minimum atomic E-state index is 0.314. The average Bonchev–Trinajstić information content (AvgIpc) is 2.84. The predicted molar refractivity (Wildman–Crippen MR) is 90.1 cm³/mol. The van der Waals surface area contributed by atoms with E-state index in [1.165, 1.54) is 6.42 Å². The van der Waals surface area contributed by atoms with Crippen LogP contribution < -0.4 is 0 Å². The summed E-state index contributed by atoms with van der Waals surface area (Å²) < 4.78 is 5.66. The Kier molecular flexibility index (Phi) is 8.43. The van der Waals surface area contributed by atoms with Gasteiger partial charge in [-0.15, -0.1) is 0 Å². The number of likely N-dealkylation sites (tertiary alicyclic amines) is 2. The van der Waals surface area contributed by atoms with Crippen molar-refractivity contribution in [1.29, 1.82) is 0 Å². The third-order valence-corrected chi connectivity index (χ3v) is 4.78. The zero-order chi connectivity index (χ0) is 16.3. The van der Waals surface area contributed by atoms with E-state index in [1.807, 2.05) is 9.80 Å². The van der Waals surface area contributed by atoms with E-state index in [-0.39, 0.29) is 0 Å². The summed E-state index contributed by atoms with van der Waals surface area (Å²) in [6.07, 6.45) is 10.0. The van der Waals surface area contributed by atoms with Crippen molar-refractivity contribution in [3.05, 3.63) is 0 Å². The summed E-state index contributed by atoms with van der Waals surface area (Å²) in [6, 6.07) is 0. The minimum absolute atomic E-state index is 0.314. The summed E-state index contributed by atoms with van der Waals surface area (Å²) in [7, 11) is 0. The van der Waals surface area contributed by atoms with Gasteiger partial charge in [-0.3, -0.25) is 9.59 Å². The van der Waals surface area contributed by atoms with Crippen LogP contribution in [0.15, 0.2) is 0 Å². The SMILES string of the molecule is O=C1CCCCCN1CCCCOCCCCN1CCCC1=O. The van der Waals surface area contributed by atoms with Crippen molar-refractivity contribution in [2.75, 3.05) is 39.4 Å². The van der Waals surface area contributed by atoms with Gasteiger partial charge in [-0.1, -0.05) is 6.42 Å². The van der Waals surface area contributed by atoms with Crippen LogP contribution in [0.25, 0.3) is 0 Å². The van der Waals surface area contributed by atoms with Gasteiger partial charge in [0, 0.05) is 52.2 Å². The van der Waals surface area contributed by atoms with Crippen molar-refractivity contribution in [3.63, 3.8) is 0 Å². The first kappa shape index (κ1) is 18.2. The number of hydrogen-bond acceptors (Lipinski definition) is 3. The van der Waals surface area contributed by atoms with E-state index in [9.17, 15) is 9.59 Å². The highest BCUT2D eigenvalue weighted by atomic mass is 16.5. The van der Waals surface area contributed by atoms with Crippen LogP contribution >= 0.6 is 0 Å². The third kappa shape index (κ3) is 6.90. The fraction of sp³-hybridized carbons (Fsp3) is 0.889. The molecule has 0 radical (unpaired) electrons. The first-order valence-electron chi connectivity index (χ1n) is 9.40. The van der Waals surface area contributed by atoms with E-state index in [1.54, 1.807) is 0 Å². The lowest BCUT2D eigenvalue weighted by Gasteiger charge is -2.20. The van der Waals surface area contributed by atoms with Crippen molar-refractivity contribution in [3.8, 4) is 0 Å². The number of carbonyl (C=O) groups is 2. The number of carbonyl (C=O) groups excluding carboxylic acids is 2. The largest absolute Gasteiger partial charge is 0.381 e. The molecule has 0 aromatic rings. The van der Waals surface area contributed by atoms with E-state index in [2.05, 4.69) is 0 Å². The van der Waals surface area contributed by atoms with Gasteiger partial charge in [-0.2, -0.15) is 0 Å². The highest BCUT2D eigenvalue weighted by Gasteiger charge is 2.19. The predicted octanol–water partition coefficient (Wildman–Crippen LogP) is 2.59. The summed E-state index contributed by atoms with van der Waals surface area (Å²) in [5, 5.41) is 0. The molecule has 2 heterocycles. The topological polar surface area (TPSA) is 49.9 Å². The van der Waals surface area contributed by atoms with E-state index in [4.69, 9.17) is 4.74 Å². The van der Waals surface area contributed by atoms with Gasteiger partial charge in [0.05, 0.1) is 0 Å². The molecule has 132 valence electrons. The summed E-state index contributed by atoms with van der Waals surface area (Å²) >= 11 is 0. The molecule has 23 heavy (non-hydrogen) atoms. The van der Waals surface area contributed by atoms with Gasteiger partial charge in [0.25, 0.3) is 0 Å². The standard InChI is InChI=1S/C18H32N2O3/c21-17-9-2-1-3-11-19(17)12-4-6-15-23-16-7-5-13-20-14-8-10-18(20)22/h1-16H2. The van der Waals surface area contributed by atoms with E-state index in [0.29, 0.717) is 11.8 Å². The zero-order valence-corrected chi connectivity index (χ0v) is 14.4. The number of amides is 2. The van der Waals surface area contributed by atoms with Crippen molar-refractivity contribution >= 4 is 11.8 Å². The molecule has 0 aliphatic carbocycles. The van der Waals surface area contributed by atoms with Crippen LogP contribution in [0.5, 0.6) is 0 Å². The van der Waals surface area contributed by atoms with Crippen molar-refractivity contribution < 1.29 is 14.3 Å². The molecule has 0 bridgehead atoms.